The number of aryl methyl sites for hydroxylation is 1. The van der Waals surface area contributed by atoms with Crippen LogP contribution in [0.25, 0.3) is 6.08 Å². The van der Waals surface area contributed by atoms with Gasteiger partial charge >= 0.3 is 0 Å². The third-order valence-corrected chi connectivity index (χ3v) is 5.22. The van der Waals surface area contributed by atoms with Crippen molar-refractivity contribution in [3.05, 3.63) is 62.1 Å². The number of nitrogens with zero attached hydrogens (tertiary/aromatic N) is 1. The molecule has 0 atom stereocenters. The molecule has 1 aliphatic heterocycles. The smallest absolute Gasteiger partial charge is 0.264 e. The molecule has 1 N–H and O–H groups in total. The maximum atomic E-state index is 12.2. The molecule has 3 rings (SSSR count). The molecule has 128 valence electrons. The average molecular weight is 464 g/mol. The molecule has 1 heterocycles. The molecule has 1 amide bonds. The Morgan fingerprint density at radius 1 is 1.24 bits per heavy atom. The lowest BCUT2D eigenvalue weighted by Gasteiger charge is -2.06. The molecule has 0 bridgehead atoms. The molecule has 0 unspecified atom stereocenters. The lowest BCUT2D eigenvalue weighted by molar-refractivity contribution is -0.115. The van der Waals surface area contributed by atoms with E-state index in [0.29, 0.717) is 16.7 Å². The molecule has 4 nitrogen and oxygen atoms in total. The van der Waals surface area contributed by atoms with Crippen LogP contribution in [0.3, 0.4) is 0 Å². The summed E-state index contributed by atoms with van der Waals surface area (Å²) >= 11 is 3.59. The fourth-order valence-corrected chi connectivity index (χ4v) is 3.78. The highest BCUT2D eigenvalue weighted by Gasteiger charge is 2.23. The van der Waals surface area contributed by atoms with Gasteiger partial charge in [-0.1, -0.05) is 23.8 Å². The second-order valence-electron chi connectivity index (χ2n) is 5.44. The molecule has 25 heavy (non-hydrogen) atoms. The molecular weight excluding hydrogens is 447 g/mol. The number of amides is 1. The van der Waals surface area contributed by atoms with E-state index in [2.05, 4.69) is 32.9 Å². The first-order chi connectivity index (χ1) is 12.0. The normalized spacial score (nSPS) is 17.2. The molecule has 0 spiro atoms. The van der Waals surface area contributed by atoms with Gasteiger partial charge in [0.15, 0.2) is 5.17 Å². The number of nitrogens with one attached hydrogen (secondary N) is 1. The third kappa shape index (κ3) is 4.64. The van der Waals surface area contributed by atoms with E-state index in [-0.39, 0.29) is 5.91 Å². The summed E-state index contributed by atoms with van der Waals surface area (Å²) in [6, 6.07) is 13.7. The zero-order chi connectivity index (χ0) is 17.8. The molecule has 0 aliphatic carbocycles. The Morgan fingerprint density at radius 2 is 2.00 bits per heavy atom. The molecule has 2 aromatic carbocycles. The van der Waals surface area contributed by atoms with E-state index in [4.69, 9.17) is 4.74 Å². The summed E-state index contributed by atoms with van der Waals surface area (Å²) < 4.78 is 6.56. The van der Waals surface area contributed by atoms with Crippen molar-refractivity contribution in [2.75, 3.05) is 6.61 Å². The van der Waals surface area contributed by atoms with Gasteiger partial charge in [-0.15, -0.1) is 0 Å². The summed E-state index contributed by atoms with van der Waals surface area (Å²) in [5.74, 6) is 0.732. The number of hydrogen-bond donors (Lipinski definition) is 1. The number of hydrogen-bond acceptors (Lipinski definition) is 4. The minimum Gasteiger partial charge on any atom is -0.493 e. The average Bonchev–Trinajstić information content (AvgIpc) is 2.92. The van der Waals surface area contributed by atoms with Crippen LogP contribution in [0.5, 0.6) is 5.75 Å². The Kier molecular flexibility index (Phi) is 5.80. The van der Waals surface area contributed by atoms with Gasteiger partial charge in [-0.3, -0.25) is 4.79 Å². The fourth-order valence-electron chi connectivity index (χ4n) is 2.25. The quantitative estimate of drug-likeness (QED) is 0.518. The lowest BCUT2D eigenvalue weighted by atomic mass is 10.2. The summed E-state index contributed by atoms with van der Waals surface area (Å²) in [5, 5.41) is 3.41. The van der Waals surface area contributed by atoms with E-state index in [1.54, 1.807) is 0 Å². The van der Waals surface area contributed by atoms with Crippen molar-refractivity contribution >= 4 is 57.2 Å². The number of amidine groups is 1. The summed E-state index contributed by atoms with van der Waals surface area (Å²) in [6.07, 6.45) is 1.87. The van der Waals surface area contributed by atoms with Crippen LogP contribution in [-0.2, 0) is 4.79 Å². The highest BCUT2D eigenvalue weighted by molar-refractivity contribution is 14.1. The topological polar surface area (TPSA) is 50.7 Å². The molecule has 0 radical (unpaired) electrons. The van der Waals surface area contributed by atoms with Gasteiger partial charge in [-0.25, -0.2) is 4.99 Å². The second kappa shape index (κ2) is 8.05. The highest BCUT2D eigenvalue weighted by Crippen LogP contribution is 2.29. The molecule has 1 aliphatic rings. The predicted molar refractivity (Wildman–Crippen MR) is 112 cm³/mol. The van der Waals surface area contributed by atoms with Crippen LogP contribution in [-0.4, -0.2) is 17.7 Å². The Bertz CT molecular complexity index is 860. The molecule has 0 aromatic heterocycles. The molecule has 6 heteroatoms. The lowest BCUT2D eigenvalue weighted by Crippen LogP contribution is -2.19. The summed E-state index contributed by atoms with van der Waals surface area (Å²) in [4.78, 5) is 17.3. The van der Waals surface area contributed by atoms with E-state index in [1.165, 1.54) is 17.3 Å². The Labute approximate surface area is 164 Å². The largest absolute Gasteiger partial charge is 0.493 e. The summed E-state index contributed by atoms with van der Waals surface area (Å²) in [6.45, 7) is 4.62. The van der Waals surface area contributed by atoms with Crippen LogP contribution >= 0.6 is 34.4 Å². The minimum absolute atomic E-state index is 0.125. The molecule has 2 aromatic rings. The van der Waals surface area contributed by atoms with Crippen LogP contribution in [0.1, 0.15) is 18.1 Å². The van der Waals surface area contributed by atoms with E-state index >= 15 is 0 Å². The Balaban J connectivity index is 1.79. The Hall–Kier alpha value is -1.80. The number of benzene rings is 2. The third-order valence-electron chi connectivity index (χ3n) is 3.47. The van der Waals surface area contributed by atoms with Crippen molar-refractivity contribution in [2.45, 2.75) is 13.8 Å². The van der Waals surface area contributed by atoms with E-state index in [1.807, 2.05) is 62.4 Å². The van der Waals surface area contributed by atoms with Gasteiger partial charge in [0.05, 0.1) is 20.8 Å². The van der Waals surface area contributed by atoms with Crippen LogP contribution in [0.4, 0.5) is 5.69 Å². The zero-order valence-electron chi connectivity index (χ0n) is 13.9. The van der Waals surface area contributed by atoms with Crippen LogP contribution < -0.4 is 10.1 Å². The number of carbonyl (C=O) groups excluding carboxylic acids is 1. The maximum Gasteiger partial charge on any atom is 0.264 e. The van der Waals surface area contributed by atoms with Gasteiger partial charge in [-0.05, 0) is 84.1 Å². The first-order valence-electron chi connectivity index (χ1n) is 7.84. The van der Waals surface area contributed by atoms with Crippen LogP contribution in [0.15, 0.2) is 52.4 Å². The fraction of sp³-hybridized carbons (Fsp3) is 0.158. The van der Waals surface area contributed by atoms with E-state index in [9.17, 15) is 4.79 Å². The number of ether oxygens (including phenoxy) is 1. The van der Waals surface area contributed by atoms with Gasteiger partial charge in [0.25, 0.3) is 5.91 Å². The maximum absolute atomic E-state index is 12.2. The molecule has 1 fully saturated rings. The van der Waals surface area contributed by atoms with Gasteiger partial charge in [-0.2, -0.15) is 0 Å². The van der Waals surface area contributed by atoms with Crippen molar-refractivity contribution in [3.63, 3.8) is 0 Å². The van der Waals surface area contributed by atoms with Gasteiger partial charge in [0, 0.05) is 0 Å². The van der Waals surface area contributed by atoms with Gasteiger partial charge < -0.3 is 10.1 Å². The monoisotopic (exact) mass is 464 g/mol. The molecule has 0 saturated carbocycles. The SMILES string of the molecule is CCOc1ccc(C=C2SC(=Nc3ccc(C)cc3)NC2=O)cc1I. The summed E-state index contributed by atoms with van der Waals surface area (Å²) in [5.41, 5.74) is 2.96. The number of halogens is 1. The molecule has 1 saturated heterocycles. The number of thioether (sulfide) groups is 1. The Morgan fingerprint density at radius 3 is 2.68 bits per heavy atom. The summed E-state index contributed by atoms with van der Waals surface area (Å²) in [7, 11) is 0. The predicted octanol–water partition coefficient (Wildman–Crippen LogP) is 4.89. The number of aliphatic imine (C=N–C) groups is 1. The number of rotatable bonds is 4. The molecular formula is C19H17IN2O2S. The highest BCUT2D eigenvalue weighted by atomic mass is 127. The van der Waals surface area contributed by atoms with Crippen molar-refractivity contribution in [1.29, 1.82) is 0 Å². The van der Waals surface area contributed by atoms with Crippen molar-refractivity contribution < 1.29 is 9.53 Å². The van der Waals surface area contributed by atoms with Gasteiger partial charge in [0.2, 0.25) is 0 Å². The standard InChI is InChI=1S/C19H17IN2O2S/c1-3-24-16-9-6-13(10-15(16)20)11-17-18(23)22-19(25-17)21-14-7-4-12(2)5-8-14/h4-11H,3H2,1-2H3,(H,21,22,23). The first kappa shape index (κ1) is 18.0. The van der Waals surface area contributed by atoms with E-state index < -0.39 is 0 Å². The van der Waals surface area contributed by atoms with Crippen molar-refractivity contribution in [3.8, 4) is 5.75 Å². The van der Waals surface area contributed by atoms with E-state index in [0.717, 1.165) is 20.6 Å². The van der Waals surface area contributed by atoms with Gasteiger partial charge in [0.1, 0.15) is 5.75 Å². The number of carbonyl (C=O) groups is 1. The second-order valence-corrected chi connectivity index (χ2v) is 7.63. The zero-order valence-corrected chi connectivity index (χ0v) is 16.8. The van der Waals surface area contributed by atoms with Crippen LogP contribution in [0.2, 0.25) is 0 Å². The minimum atomic E-state index is -0.125. The van der Waals surface area contributed by atoms with Crippen LogP contribution in [0, 0.1) is 10.5 Å². The van der Waals surface area contributed by atoms with Crippen molar-refractivity contribution in [1.82, 2.24) is 5.32 Å². The van der Waals surface area contributed by atoms with Crippen molar-refractivity contribution in [2.24, 2.45) is 4.99 Å². The first-order valence-corrected chi connectivity index (χ1v) is 9.73.